The van der Waals surface area contributed by atoms with Gasteiger partial charge in [-0.15, -0.1) is 0 Å². The number of hydrogen-bond acceptors (Lipinski definition) is 6. The van der Waals surface area contributed by atoms with Crippen LogP contribution in [-0.4, -0.2) is 19.1 Å². The lowest BCUT2D eigenvalue weighted by Gasteiger charge is -2.31. The van der Waals surface area contributed by atoms with Crippen molar-refractivity contribution < 1.29 is 18.1 Å². The van der Waals surface area contributed by atoms with Crippen molar-refractivity contribution in [2.45, 2.75) is 6.54 Å². The molecule has 0 unspecified atom stereocenters. The molecule has 3 aromatic carbocycles. The van der Waals surface area contributed by atoms with E-state index in [2.05, 4.69) is 5.32 Å². The largest absolute Gasteiger partial charge is 0.360 e. The fourth-order valence-corrected chi connectivity index (χ4v) is 4.80. The maximum absolute atomic E-state index is 13.4. The highest BCUT2D eigenvalue weighted by Gasteiger charge is 2.40. The van der Waals surface area contributed by atoms with Crippen molar-refractivity contribution >= 4 is 32.9 Å². The van der Waals surface area contributed by atoms with Crippen LogP contribution in [0, 0.1) is 10.1 Å². The minimum absolute atomic E-state index is 0.0718. The second kappa shape index (κ2) is 8.04. The predicted molar refractivity (Wildman–Crippen MR) is 117 cm³/mol. The average molecular weight is 435 g/mol. The standard InChI is InChI=1S/C22H17N3O5S/c26-22-19-8-4-5-9-20(19)24(15-16-6-2-1-3-7-16)31(29,30)21(22)14-23-17-10-12-18(13-11-17)25(27)28/h1-14,23H,15H2/b21-14-. The highest BCUT2D eigenvalue weighted by Crippen LogP contribution is 2.36. The van der Waals surface area contributed by atoms with Gasteiger partial charge in [0, 0.05) is 29.6 Å². The molecule has 31 heavy (non-hydrogen) atoms. The summed E-state index contributed by atoms with van der Waals surface area (Å²) in [4.78, 5) is 22.8. The molecule has 1 aliphatic heterocycles. The van der Waals surface area contributed by atoms with Crippen LogP contribution in [0.5, 0.6) is 0 Å². The number of nitrogens with one attached hydrogen (secondary N) is 1. The molecule has 0 amide bonds. The van der Waals surface area contributed by atoms with Crippen molar-refractivity contribution in [2.24, 2.45) is 0 Å². The van der Waals surface area contributed by atoms with Crippen LogP contribution in [0.1, 0.15) is 15.9 Å². The molecule has 0 spiro atoms. The third-order valence-corrected chi connectivity index (χ3v) is 6.59. The first-order valence-electron chi connectivity index (χ1n) is 9.29. The Balaban J connectivity index is 1.73. The number of non-ortho nitro benzene ring substituents is 1. The first-order chi connectivity index (χ1) is 14.9. The summed E-state index contributed by atoms with van der Waals surface area (Å²) in [5.41, 5.74) is 1.70. The van der Waals surface area contributed by atoms with Gasteiger partial charge in [-0.05, 0) is 29.8 Å². The van der Waals surface area contributed by atoms with Gasteiger partial charge >= 0.3 is 0 Å². The molecule has 0 saturated carbocycles. The fourth-order valence-electron chi connectivity index (χ4n) is 3.27. The number of carbonyl (C=O) groups excluding carboxylic acids is 1. The molecule has 0 fully saturated rings. The van der Waals surface area contributed by atoms with Crippen molar-refractivity contribution in [1.82, 2.24) is 0 Å². The molecule has 9 heteroatoms. The summed E-state index contributed by atoms with van der Waals surface area (Å²) in [6.45, 7) is 0.0718. The minimum Gasteiger partial charge on any atom is -0.360 e. The molecule has 156 valence electrons. The third kappa shape index (κ3) is 3.90. The van der Waals surface area contributed by atoms with E-state index in [4.69, 9.17) is 0 Å². The number of ketones is 1. The zero-order chi connectivity index (χ0) is 22.0. The lowest BCUT2D eigenvalue weighted by molar-refractivity contribution is -0.384. The topological polar surface area (TPSA) is 110 Å². The maximum atomic E-state index is 13.4. The zero-order valence-electron chi connectivity index (χ0n) is 16.1. The summed E-state index contributed by atoms with van der Waals surface area (Å²) in [6, 6.07) is 21.1. The number of para-hydroxylation sites is 1. The predicted octanol–water partition coefficient (Wildman–Crippen LogP) is 4.08. The van der Waals surface area contributed by atoms with Crippen LogP contribution in [0.4, 0.5) is 17.1 Å². The summed E-state index contributed by atoms with van der Waals surface area (Å²) in [5.74, 6) is -0.616. The van der Waals surface area contributed by atoms with Crippen LogP contribution in [-0.2, 0) is 16.6 Å². The number of fused-ring (bicyclic) bond motifs is 1. The summed E-state index contributed by atoms with van der Waals surface area (Å²) in [6.07, 6.45) is 1.13. The molecule has 3 aromatic rings. The van der Waals surface area contributed by atoms with Gasteiger partial charge in [-0.25, -0.2) is 8.42 Å². The Hall–Kier alpha value is -3.98. The number of anilines is 2. The lowest BCUT2D eigenvalue weighted by atomic mass is 10.1. The normalized spacial score (nSPS) is 16.1. The van der Waals surface area contributed by atoms with Crippen molar-refractivity contribution in [2.75, 3.05) is 9.62 Å². The fraction of sp³-hybridized carbons (Fsp3) is 0.0455. The van der Waals surface area contributed by atoms with Gasteiger partial charge in [-0.3, -0.25) is 19.2 Å². The van der Waals surface area contributed by atoms with E-state index in [-0.39, 0.29) is 17.8 Å². The molecule has 0 bridgehead atoms. The molecule has 0 radical (unpaired) electrons. The second-order valence-corrected chi connectivity index (χ2v) is 8.63. The van der Waals surface area contributed by atoms with Crippen LogP contribution in [0.2, 0.25) is 0 Å². The van der Waals surface area contributed by atoms with E-state index >= 15 is 0 Å². The molecule has 0 atom stereocenters. The van der Waals surface area contributed by atoms with Crippen LogP contribution in [0.25, 0.3) is 0 Å². The molecular weight excluding hydrogens is 418 g/mol. The molecule has 0 saturated heterocycles. The Morgan fingerprint density at radius 1 is 0.935 bits per heavy atom. The van der Waals surface area contributed by atoms with E-state index in [1.54, 1.807) is 24.3 Å². The Morgan fingerprint density at radius 2 is 1.58 bits per heavy atom. The summed E-state index contributed by atoms with van der Waals surface area (Å²) < 4.78 is 27.9. The van der Waals surface area contributed by atoms with Crippen molar-refractivity contribution in [3.05, 3.63) is 111 Å². The van der Waals surface area contributed by atoms with Gasteiger partial charge in [0.15, 0.2) is 4.91 Å². The van der Waals surface area contributed by atoms with Crippen LogP contribution < -0.4 is 9.62 Å². The first-order valence-corrected chi connectivity index (χ1v) is 10.7. The molecule has 1 heterocycles. The van der Waals surface area contributed by atoms with E-state index < -0.39 is 25.6 Å². The highest BCUT2D eigenvalue weighted by atomic mass is 32.2. The summed E-state index contributed by atoms with van der Waals surface area (Å²) >= 11 is 0. The van der Waals surface area contributed by atoms with E-state index in [0.29, 0.717) is 11.4 Å². The molecular formula is C22H17N3O5S. The number of nitrogens with zero attached hydrogens (tertiary/aromatic N) is 2. The maximum Gasteiger partial charge on any atom is 0.270 e. The van der Waals surface area contributed by atoms with Gasteiger partial charge in [0.1, 0.15) is 0 Å². The average Bonchev–Trinajstić information content (AvgIpc) is 2.77. The van der Waals surface area contributed by atoms with E-state index in [1.807, 2.05) is 30.3 Å². The van der Waals surface area contributed by atoms with Gasteiger partial charge < -0.3 is 5.32 Å². The van der Waals surface area contributed by atoms with E-state index in [1.165, 1.54) is 28.6 Å². The Bertz CT molecular complexity index is 1290. The Morgan fingerprint density at radius 3 is 2.26 bits per heavy atom. The van der Waals surface area contributed by atoms with Crippen LogP contribution >= 0.6 is 0 Å². The number of nitro benzene ring substituents is 1. The number of benzene rings is 3. The molecule has 1 N–H and O–H groups in total. The molecule has 8 nitrogen and oxygen atoms in total. The molecule has 0 aromatic heterocycles. The van der Waals surface area contributed by atoms with Crippen LogP contribution in [0.3, 0.4) is 0 Å². The van der Waals surface area contributed by atoms with E-state index in [9.17, 15) is 23.3 Å². The lowest BCUT2D eigenvalue weighted by Crippen LogP contribution is -2.39. The first kappa shape index (κ1) is 20.3. The number of carbonyl (C=O) groups is 1. The third-order valence-electron chi connectivity index (χ3n) is 4.83. The Kier molecular flexibility index (Phi) is 5.26. The van der Waals surface area contributed by atoms with Gasteiger partial charge in [0.2, 0.25) is 5.78 Å². The molecule has 4 rings (SSSR count). The number of nitro groups is 1. The number of allylic oxidation sites excluding steroid dienone is 1. The highest BCUT2D eigenvalue weighted by molar-refractivity contribution is 7.97. The molecule has 0 aliphatic carbocycles. The second-order valence-electron chi connectivity index (χ2n) is 6.80. The zero-order valence-corrected chi connectivity index (χ0v) is 17.0. The van der Waals surface area contributed by atoms with Crippen molar-refractivity contribution in [3.8, 4) is 0 Å². The monoisotopic (exact) mass is 435 g/mol. The van der Waals surface area contributed by atoms with Crippen molar-refractivity contribution in [1.29, 1.82) is 0 Å². The van der Waals surface area contributed by atoms with Gasteiger partial charge in [0.25, 0.3) is 15.7 Å². The summed E-state index contributed by atoms with van der Waals surface area (Å²) in [7, 11) is -4.14. The Labute approximate surface area is 178 Å². The minimum atomic E-state index is -4.14. The number of Topliss-reactive ketones (excluding diaryl/α,β-unsaturated/α-hetero) is 1. The SMILES string of the molecule is O=C1/C(=C/Nc2ccc([N+](=O)[O-])cc2)S(=O)(=O)N(Cc2ccccc2)c2ccccc21. The van der Waals surface area contributed by atoms with Gasteiger partial charge in [-0.2, -0.15) is 0 Å². The van der Waals surface area contributed by atoms with Gasteiger partial charge in [0.05, 0.1) is 17.2 Å². The van der Waals surface area contributed by atoms with E-state index in [0.717, 1.165) is 11.8 Å². The van der Waals surface area contributed by atoms with Crippen LogP contribution in [0.15, 0.2) is 90.0 Å². The van der Waals surface area contributed by atoms with Crippen molar-refractivity contribution in [3.63, 3.8) is 0 Å². The van der Waals surface area contributed by atoms with Gasteiger partial charge in [-0.1, -0.05) is 42.5 Å². The quantitative estimate of drug-likeness (QED) is 0.367. The summed E-state index contributed by atoms with van der Waals surface area (Å²) in [5, 5.41) is 13.6. The molecule has 1 aliphatic rings. The number of rotatable bonds is 5. The number of sulfonamides is 1. The smallest absolute Gasteiger partial charge is 0.270 e. The number of hydrogen-bond donors (Lipinski definition) is 1.